The molecule has 6 nitrogen and oxygen atoms in total. The van der Waals surface area contributed by atoms with Gasteiger partial charge in [0.05, 0.1) is 7.11 Å². The standard InChI is InChI=1S/C23H21ClN2O4/c1-3-25-23(28)20(26-22(27)15-7-9-18(29-2)10-8-15)14-19-11-12-21(30-19)16-5-4-6-17(24)13-16/h4-14H,3H2,1-2H3,(H,25,28)(H,26,27)/b20-14-. The fraction of sp³-hybridized carbons (Fsp3) is 0.130. The van der Waals surface area contributed by atoms with E-state index >= 15 is 0 Å². The Bertz CT molecular complexity index is 1070. The minimum Gasteiger partial charge on any atom is -0.497 e. The monoisotopic (exact) mass is 424 g/mol. The minimum absolute atomic E-state index is 0.0738. The van der Waals surface area contributed by atoms with E-state index in [1.807, 2.05) is 12.1 Å². The van der Waals surface area contributed by atoms with Gasteiger partial charge in [-0.1, -0.05) is 23.7 Å². The van der Waals surface area contributed by atoms with E-state index in [4.69, 9.17) is 20.8 Å². The van der Waals surface area contributed by atoms with Gasteiger partial charge in [0.1, 0.15) is 23.0 Å². The molecule has 1 heterocycles. The van der Waals surface area contributed by atoms with Crippen LogP contribution in [0.1, 0.15) is 23.0 Å². The van der Waals surface area contributed by atoms with Gasteiger partial charge in [-0.15, -0.1) is 0 Å². The quantitative estimate of drug-likeness (QED) is 0.546. The van der Waals surface area contributed by atoms with Crippen LogP contribution < -0.4 is 15.4 Å². The molecule has 2 aromatic carbocycles. The number of benzene rings is 2. The molecule has 0 atom stereocenters. The summed E-state index contributed by atoms with van der Waals surface area (Å²) < 4.78 is 10.9. The number of ether oxygens (including phenoxy) is 1. The van der Waals surface area contributed by atoms with Crippen LogP contribution in [0.25, 0.3) is 17.4 Å². The molecular weight excluding hydrogens is 404 g/mol. The van der Waals surface area contributed by atoms with Crippen molar-refractivity contribution in [3.63, 3.8) is 0 Å². The van der Waals surface area contributed by atoms with Crippen LogP contribution in [0.3, 0.4) is 0 Å². The topological polar surface area (TPSA) is 80.6 Å². The average molecular weight is 425 g/mol. The van der Waals surface area contributed by atoms with Gasteiger partial charge < -0.3 is 19.8 Å². The van der Waals surface area contributed by atoms with E-state index in [2.05, 4.69) is 10.6 Å². The maximum Gasteiger partial charge on any atom is 0.267 e. The lowest BCUT2D eigenvalue weighted by molar-refractivity contribution is -0.117. The predicted octanol–water partition coefficient (Wildman–Crippen LogP) is 4.52. The van der Waals surface area contributed by atoms with Crippen LogP contribution in [0, 0.1) is 0 Å². The number of halogens is 1. The Hall–Kier alpha value is -3.51. The van der Waals surface area contributed by atoms with E-state index in [0.717, 1.165) is 5.56 Å². The van der Waals surface area contributed by atoms with E-state index in [1.165, 1.54) is 6.08 Å². The van der Waals surface area contributed by atoms with Gasteiger partial charge in [0.25, 0.3) is 11.8 Å². The highest BCUT2D eigenvalue weighted by Crippen LogP contribution is 2.25. The second kappa shape index (κ2) is 9.80. The molecule has 0 saturated carbocycles. The molecule has 2 N–H and O–H groups in total. The Kier molecular flexibility index (Phi) is 6.93. The summed E-state index contributed by atoms with van der Waals surface area (Å²) >= 11 is 6.03. The molecule has 30 heavy (non-hydrogen) atoms. The highest BCUT2D eigenvalue weighted by Gasteiger charge is 2.15. The average Bonchev–Trinajstić information content (AvgIpc) is 3.22. The zero-order chi connectivity index (χ0) is 21.5. The molecule has 0 unspecified atom stereocenters. The lowest BCUT2D eigenvalue weighted by Gasteiger charge is -2.10. The maximum atomic E-state index is 12.6. The highest BCUT2D eigenvalue weighted by atomic mass is 35.5. The first-order chi connectivity index (χ1) is 14.5. The van der Waals surface area contributed by atoms with Gasteiger partial charge in [0.2, 0.25) is 0 Å². The number of carbonyl (C=O) groups is 2. The lowest BCUT2D eigenvalue weighted by Crippen LogP contribution is -2.34. The van der Waals surface area contributed by atoms with Gasteiger partial charge in [0, 0.05) is 28.8 Å². The number of carbonyl (C=O) groups excluding carboxylic acids is 2. The Morgan fingerprint density at radius 3 is 2.53 bits per heavy atom. The van der Waals surface area contributed by atoms with Crippen molar-refractivity contribution in [3.8, 4) is 17.1 Å². The second-order valence-electron chi connectivity index (χ2n) is 6.31. The fourth-order valence-corrected chi connectivity index (χ4v) is 2.91. The highest BCUT2D eigenvalue weighted by molar-refractivity contribution is 6.30. The van der Waals surface area contributed by atoms with Crippen LogP contribution in [0.15, 0.2) is 70.8 Å². The minimum atomic E-state index is -0.420. The summed E-state index contributed by atoms with van der Waals surface area (Å²) in [4.78, 5) is 25.1. The van der Waals surface area contributed by atoms with Crippen molar-refractivity contribution in [1.82, 2.24) is 10.6 Å². The summed E-state index contributed by atoms with van der Waals surface area (Å²) in [5, 5.41) is 5.93. The van der Waals surface area contributed by atoms with E-state index in [9.17, 15) is 9.59 Å². The predicted molar refractivity (Wildman–Crippen MR) is 116 cm³/mol. The normalized spacial score (nSPS) is 11.1. The van der Waals surface area contributed by atoms with Gasteiger partial charge in [0.15, 0.2) is 0 Å². The Morgan fingerprint density at radius 1 is 1.10 bits per heavy atom. The molecule has 0 aliphatic carbocycles. The van der Waals surface area contributed by atoms with Crippen LogP contribution in [-0.4, -0.2) is 25.5 Å². The molecule has 2 amide bonds. The van der Waals surface area contributed by atoms with E-state index in [-0.39, 0.29) is 5.70 Å². The van der Waals surface area contributed by atoms with Crippen LogP contribution in [0.5, 0.6) is 5.75 Å². The number of hydrogen-bond donors (Lipinski definition) is 2. The van der Waals surface area contributed by atoms with Gasteiger partial charge in [-0.05, 0) is 55.5 Å². The second-order valence-corrected chi connectivity index (χ2v) is 6.75. The molecule has 0 aliphatic rings. The molecule has 3 rings (SSSR count). The molecular formula is C23H21ClN2O4. The van der Waals surface area contributed by atoms with Crippen molar-refractivity contribution in [2.45, 2.75) is 6.92 Å². The van der Waals surface area contributed by atoms with Crippen LogP contribution >= 0.6 is 11.6 Å². The van der Waals surface area contributed by atoms with Gasteiger partial charge in [-0.2, -0.15) is 0 Å². The summed E-state index contributed by atoms with van der Waals surface area (Å²) in [6.45, 7) is 2.21. The Morgan fingerprint density at radius 2 is 1.87 bits per heavy atom. The van der Waals surface area contributed by atoms with Crippen molar-refractivity contribution in [3.05, 3.63) is 82.7 Å². The van der Waals surface area contributed by atoms with E-state index < -0.39 is 11.8 Å². The molecule has 1 aromatic heterocycles. The molecule has 0 spiro atoms. The molecule has 3 aromatic rings. The molecule has 7 heteroatoms. The van der Waals surface area contributed by atoms with Gasteiger partial charge in [-0.3, -0.25) is 9.59 Å². The summed E-state index contributed by atoms with van der Waals surface area (Å²) in [5.41, 5.74) is 1.28. The van der Waals surface area contributed by atoms with Gasteiger partial charge in [-0.25, -0.2) is 0 Å². The third-order valence-corrected chi connectivity index (χ3v) is 4.44. The number of amides is 2. The maximum absolute atomic E-state index is 12.6. The van der Waals surface area contributed by atoms with Crippen LogP contribution in [0.4, 0.5) is 0 Å². The molecule has 0 bridgehead atoms. The molecule has 0 aliphatic heterocycles. The molecule has 0 fully saturated rings. The van der Waals surface area contributed by atoms with Crippen molar-refractivity contribution in [1.29, 1.82) is 0 Å². The van der Waals surface area contributed by atoms with Gasteiger partial charge >= 0.3 is 0 Å². The Labute approximate surface area is 179 Å². The van der Waals surface area contributed by atoms with Crippen molar-refractivity contribution in [2.75, 3.05) is 13.7 Å². The van der Waals surface area contributed by atoms with Crippen LogP contribution in [0.2, 0.25) is 5.02 Å². The number of likely N-dealkylation sites (N-methyl/N-ethyl adjacent to an activating group) is 1. The summed E-state index contributed by atoms with van der Waals surface area (Å²) in [6, 6.07) is 17.3. The zero-order valence-corrected chi connectivity index (χ0v) is 17.3. The number of methoxy groups -OCH3 is 1. The smallest absolute Gasteiger partial charge is 0.267 e. The first-order valence-corrected chi connectivity index (χ1v) is 9.69. The molecule has 0 saturated heterocycles. The lowest BCUT2D eigenvalue weighted by atomic mass is 10.2. The first kappa shape index (κ1) is 21.2. The summed E-state index contributed by atoms with van der Waals surface area (Å²) in [7, 11) is 1.55. The number of rotatable bonds is 7. The molecule has 154 valence electrons. The van der Waals surface area contributed by atoms with E-state index in [0.29, 0.717) is 34.4 Å². The van der Waals surface area contributed by atoms with Crippen molar-refractivity contribution >= 4 is 29.5 Å². The SMILES string of the molecule is CCNC(=O)/C(=C/c1ccc(-c2cccc(Cl)c2)o1)NC(=O)c1ccc(OC)cc1. The summed E-state index contributed by atoms with van der Waals surface area (Å²) in [6.07, 6.45) is 1.49. The third-order valence-electron chi connectivity index (χ3n) is 4.20. The number of furan rings is 1. The number of hydrogen-bond acceptors (Lipinski definition) is 4. The first-order valence-electron chi connectivity index (χ1n) is 9.31. The number of nitrogens with one attached hydrogen (secondary N) is 2. The van der Waals surface area contributed by atoms with E-state index in [1.54, 1.807) is 62.6 Å². The summed E-state index contributed by atoms with van der Waals surface area (Å²) in [5.74, 6) is 0.814. The fourth-order valence-electron chi connectivity index (χ4n) is 2.72. The Balaban J connectivity index is 1.85. The third kappa shape index (κ3) is 5.30. The van der Waals surface area contributed by atoms with Crippen LogP contribution in [-0.2, 0) is 4.79 Å². The molecule has 0 radical (unpaired) electrons. The largest absolute Gasteiger partial charge is 0.497 e. The zero-order valence-electron chi connectivity index (χ0n) is 16.6. The van der Waals surface area contributed by atoms with Crippen molar-refractivity contribution in [2.24, 2.45) is 0 Å². The van der Waals surface area contributed by atoms with Crippen molar-refractivity contribution < 1.29 is 18.7 Å².